The molecule has 0 N–H and O–H groups in total. The van der Waals surface area contributed by atoms with Gasteiger partial charge in [0.2, 0.25) is 0 Å². The molecule has 0 radical (unpaired) electrons. The molecule has 2 aromatic heterocycles. The van der Waals surface area contributed by atoms with Gasteiger partial charge in [-0.1, -0.05) is 194 Å². The fourth-order valence-corrected chi connectivity index (χ4v) is 11.9. The first kappa shape index (κ1) is 36.7. The molecule has 12 aromatic rings. The third kappa shape index (κ3) is 5.44. The molecule has 13 rings (SSSR count). The van der Waals surface area contributed by atoms with Gasteiger partial charge in [-0.2, -0.15) is 0 Å². The monoisotopic (exact) mass is 833 g/mol. The maximum atomic E-state index is 6.53. The molecule has 1 aliphatic rings. The fourth-order valence-electron chi connectivity index (χ4n) is 10.6. The van der Waals surface area contributed by atoms with Crippen molar-refractivity contribution in [2.75, 3.05) is 4.90 Å². The molecule has 0 fully saturated rings. The molecule has 0 spiro atoms. The van der Waals surface area contributed by atoms with Gasteiger partial charge in [0.15, 0.2) is 0 Å². The van der Waals surface area contributed by atoms with Gasteiger partial charge < -0.3 is 9.32 Å². The predicted molar refractivity (Wildman–Crippen MR) is 269 cm³/mol. The highest BCUT2D eigenvalue weighted by molar-refractivity contribution is 7.26. The summed E-state index contributed by atoms with van der Waals surface area (Å²) in [7, 11) is 0. The second kappa shape index (κ2) is 14.6. The Bertz CT molecular complexity index is 3690. The number of hydrogen-bond acceptors (Lipinski definition) is 3. The van der Waals surface area contributed by atoms with Crippen LogP contribution in [0, 0.1) is 0 Å². The Morgan fingerprint density at radius 2 is 1.00 bits per heavy atom. The molecule has 0 bridgehead atoms. The molecular weight excluding hydrogens is 795 g/mol. The summed E-state index contributed by atoms with van der Waals surface area (Å²) in [6, 6.07) is 86.5. The molecule has 0 unspecified atom stereocenters. The summed E-state index contributed by atoms with van der Waals surface area (Å²) in [6.07, 6.45) is 0. The van der Waals surface area contributed by atoms with Crippen molar-refractivity contribution in [2.45, 2.75) is 5.41 Å². The number of thiophene rings is 1. The number of benzene rings is 10. The Kier molecular flexibility index (Phi) is 8.34. The van der Waals surface area contributed by atoms with Crippen molar-refractivity contribution in [1.82, 2.24) is 0 Å². The molecule has 0 aliphatic heterocycles. The number of furan rings is 1. The molecule has 10 aromatic carbocycles. The van der Waals surface area contributed by atoms with E-state index in [0.717, 1.165) is 50.1 Å². The molecule has 2 nitrogen and oxygen atoms in total. The summed E-state index contributed by atoms with van der Waals surface area (Å²) in [5.74, 6) is 0. The Hall–Kier alpha value is -7.98. The predicted octanol–water partition coefficient (Wildman–Crippen LogP) is 17.1. The van der Waals surface area contributed by atoms with Crippen molar-refractivity contribution < 1.29 is 4.42 Å². The minimum absolute atomic E-state index is 0.524. The lowest BCUT2D eigenvalue weighted by Gasteiger charge is -2.34. The number of para-hydroxylation sites is 2. The van der Waals surface area contributed by atoms with Crippen LogP contribution in [0.2, 0.25) is 0 Å². The highest BCUT2D eigenvalue weighted by atomic mass is 32.1. The lowest BCUT2D eigenvalue weighted by molar-refractivity contribution is 0.670. The zero-order valence-corrected chi connectivity index (χ0v) is 35.6. The van der Waals surface area contributed by atoms with E-state index in [0.29, 0.717) is 0 Å². The highest BCUT2D eigenvalue weighted by Crippen LogP contribution is 2.59. The zero-order valence-electron chi connectivity index (χ0n) is 34.8. The van der Waals surface area contributed by atoms with Gasteiger partial charge in [0.25, 0.3) is 0 Å². The van der Waals surface area contributed by atoms with Crippen molar-refractivity contribution in [3.8, 4) is 33.4 Å². The molecule has 0 atom stereocenters. The first-order valence-corrected chi connectivity index (χ1v) is 22.7. The molecule has 1 aliphatic carbocycles. The lowest BCUT2D eigenvalue weighted by atomic mass is 9.68. The van der Waals surface area contributed by atoms with Crippen molar-refractivity contribution in [1.29, 1.82) is 0 Å². The van der Waals surface area contributed by atoms with E-state index in [2.05, 4.69) is 235 Å². The van der Waals surface area contributed by atoms with Gasteiger partial charge in [0, 0.05) is 53.4 Å². The van der Waals surface area contributed by atoms with Crippen LogP contribution in [0.15, 0.2) is 241 Å². The Labute approximate surface area is 375 Å². The van der Waals surface area contributed by atoms with E-state index in [4.69, 9.17) is 4.42 Å². The fraction of sp³-hybridized carbons (Fsp3) is 0.0164. The van der Waals surface area contributed by atoms with Gasteiger partial charge in [-0.15, -0.1) is 11.3 Å². The highest BCUT2D eigenvalue weighted by Gasteiger charge is 2.47. The van der Waals surface area contributed by atoms with Crippen molar-refractivity contribution in [2.24, 2.45) is 0 Å². The smallest absolute Gasteiger partial charge is 0.143 e. The van der Waals surface area contributed by atoms with E-state index in [1.165, 1.54) is 64.7 Å². The Balaban J connectivity index is 1.05. The van der Waals surface area contributed by atoms with E-state index < -0.39 is 5.41 Å². The summed E-state index contributed by atoms with van der Waals surface area (Å²) in [5, 5.41) is 4.86. The Morgan fingerprint density at radius 3 is 1.81 bits per heavy atom. The SMILES string of the molecule is c1ccc(C2(c3ccccc3)c3ccccc3-c3c(N(c4ccc(-c5cccc6c5oc5ccccc56)cc4)c4cccc(-c5cccc6c5sc5ccccc56)c4)cccc32)cc1. The summed E-state index contributed by atoms with van der Waals surface area (Å²) in [6.45, 7) is 0. The van der Waals surface area contributed by atoms with Crippen LogP contribution in [0.5, 0.6) is 0 Å². The molecular formula is C61H39NOS. The van der Waals surface area contributed by atoms with Crippen molar-refractivity contribution in [3.05, 3.63) is 259 Å². The third-order valence-electron chi connectivity index (χ3n) is 13.4. The molecule has 3 heteroatoms. The molecule has 0 amide bonds. The van der Waals surface area contributed by atoms with Crippen LogP contribution in [0.1, 0.15) is 22.3 Å². The van der Waals surface area contributed by atoms with E-state index >= 15 is 0 Å². The van der Waals surface area contributed by atoms with Gasteiger partial charge >= 0.3 is 0 Å². The molecule has 300 valence electrons. The van der Waals surface area contributed by atoms with Crippen LogP contribution in [-0.2, 0) is 5.41 Å². The number of rotatable bonds is 7. The molecule has 2 heterocycles. The third-order valence-corrected chi connectivity index (χ3v) is 14.6. The minimum atomic E-state index is -0.524. The quantitative estimate of drug-likeness (QED) is 0.159. The summed E-state index contributed by atoms with van der Waals surface area (Å²) >= 11 is 1.87. The van der Waals surface area contributed by atoms with Crippen LogP contribution in [0.25, 0.3) is 75.5 Å². The number of nitrogens with zero attached hydrogens (tertiary/aromatic N) is 1. The number of hydrogen-bond donors (Lipinski definition) is 0. The normalized spacial score (nSPS) is 12.8. The average Bonchev–Trinajstić information content (AvgIpc) is 4.04. The zero-order chi connectivity index (χ0) is 42.2. The van der Waals surface area contributed by atoms with Crippen LogP contribution in [-0.4, -0.2) is 0 Å². The van der Waals surface area contributed by atoms with Gasteiger partial charge in [-0.3, -0.25) is 0 Å². The second-order valence-corrected chi connectivity index (χ2v) is 17.8. The first-order valence-electron chi connectivity index (χ1n) is 21.9. The number of anilines is 3. The second-order valence-electron chi connectivity index (χ2n) is 16.7. The van der Waals surface area contributed by atoms with Gasteiger partial charge in [-0.25, -0.2) is 0 Å². The van der Waals surface area contributed by atoms with Crippen LogP contribution in [0.4, 0.5) is 17.1 Å². The maximum Gasteiger partial charge on any atom is 0.143 e. The largest absolute Gasteiger partial charge is 0.455 e. The Morgan fingerprint density at radius 1 is 0.391 bits per heavy atom. The lowest BCUT2D eigenvalue weighted by Crippen LogP contribution is -2.28. The summed E-state index contributed by atoms with van der Waals surface area (Å²) in [4.78, 5) is 2.47. The van der Waals surface area contributed by atoms with Crippen LogP contribution >= 0.6 is 11.3 Å². The van der Waals surface area contributed by atoms with Crippen molar-refractivity contribution >= 4 is 70.5 Å². The number of fused-ring (bicyclic) bond motifs is 9. The first-order chi connectivity index (χ1) is 31.8. The average molecular weight is 834 g/mol. The molecule has 0 saturated heterocycles. The van der Waals surface area contributed by atoms with E-state index in [1.54, 1.807) is 0 Å². The van der Waals surface area contributed by atoms with Crippen LogP contribution in [0.3, 0.4) is 0 Å². The maximum absolute atomic E-state index is 6.53. The topological polar surface area (TPSA) is 16.4 Å². The molecule has 0 saturated carbocycles. The minimum Gasteiger partial charge on any atom is -0.455 e. The van der Waals surface area contributed by atoms with E-state index in [9.17, 15) is 0 Å². The van der Waals surface area contributed by atoms with E-state index in [-0.39, 0.29) is 0 Å². The van der Waals surface area contributed by atoms with Crippen molar-refractivity contribution in [3.63, 3.8) is 0 Å². The van der Waals surface area contributed by atoms with E-state index in [1.807, 2.05) is 17.4 Å². The van der Waals surface area contributed by atoms with Crippen LogP contribution < -0.4 is 4.90 Å². The van der Waals surface area contributed by atoms with Gasteiger partial charge in [0.1, 0.15) is 11.2 Å². The van der Waals surface area contributed by atoms with Gasteiger partial charge in [0.05, 0.1) is 11.1 Å². The standard InChI is InChI=1S/C61H39NOS/c1-3-18-42(19-4-1)61(43-20-5-2-6-21-43)53-30-10-7-25-52(53)58-54(61)31-16-32-55(58)62(44-37-35-40(36-38-44)46-26-14-28-50-48-23-8-11-33-56(48)63-59(46)50)45-22-13-17-41(39-45)47-27-15-29-51-49-24-9-12-34-57(49)64-60(47)51/h1-39H. The summed E-state index contributed by atoms with van der Waals surface area (Å²) in [5.41, 5.74) is 16.7. The van der Waals surface area contributed by atoms with Gasteiger partial charge in [-0.05, 0) is 87.0 Å². The molecule has 64 heavy (non-hydrogen) atoms. The summed E-state index contributed by atoms with van der Waals surface area (Å²) < 4.78 is 9.14.